The average molecular weight is 487 g/mol. The third-order valence-electron chi connectivity index (χ3n) is 7.17. The highest BCUT2D eigenvalue weighted by atomic mass is 16.3. The van der Waals surface area contributed by atoms with Crippen LogP contribution in [0.15, 0.2) is 54.7 Å². The summed E-state index contributed by atoms with van der Waals surface area (Å²) < 4.78 is 1.83. The van der Waals surface area contributed by atoms with Crippen LogP contribution in [0.25, 0.3) is 28.0 Å². The van der Waals surface area contributed by atoms with Gasteiger partial charge in [-0.2, -0.15) is 5.10 Å². The number of likely N-dealkylation sites (tertiary alicyclic amines) is 1. The van der Waals surface area contributed by atoms with Gasteiger partial charge in [-0.3, -0.25) is 5.73 Å². The topological polar surface area (TPSA) is 113 Å². The third-order valence-corrected chi connectivity index (χ3v) is 7.17. The standard InChI is InChI=1S/C28H34N6O2/c1-3-12-28(29,36)26-8-5-7-24(32-26)20-15-22(19-10-13-33(2)14-11-19)23-17-30-34(25(23)16-20)27-9-4-6-21(18-35)31-27/h4-9,15-17,19,35-36H,3,10-14,18,29H2,1-2H3/t28-/m0/s1. The zero-order chi connectivity index (χ0) is 25.3. The molecule has 0 bridgehead atoms. The molecule has 1 fully saturated rings. The van der Waals surface area contributed by atoms with Crippen molar-refractivity contribution in [2.45, 2.75) is 50.9 Å². The Kier molecular flexibility index (Phi) is 6.85. The molecule has 1 atom stereocenters. The van der Waals surface area contributed by atoms with E-state index in [1.807, 2.05) is 42.1 Å². The number of aliphatic hydroxyl groups is 2. The van der Waals surface area contributed by atoms with Crippen LogP contribution in [0.3, 0.4) is 0 Å². The fourth-order valence-electron chi connectivity index (χ4n) is 5.16. The maximum absolute atomic E-state index is 10.8. The minimum Gasteiger partial charge on any atom is -0.390 e. The lowest BCUT2D eigenvalue weighted by Crippen LogP contribution is -2.37. The maximum Gasteiger partial charge on any atom is 0.156 e. The summed E-state index contributed by atoms with van der Waals surface area (Å²) in [5.41, 5.74) is 9.69. The van der Waals surface area contributed by atoms with Gasteiger partial charge in [-0.1, -0.05) is 25.5 Å². The average Bonchev–Trinajstić information content (AvgIpc) is 3.33. The van der Waals surface area contributed by atoms with Crippen LogP contribution in [0.4, 0.5) is 0 Å². The molecular formula is C28H34N6O2. The Bertz CT molecular complexity index is 1360. The molecule has 0 aliphatic carbocycles. The molecule has 0 radical (unpaired) electrons. The molecule has 3 aromatic heterocycles. The van der Waals surface area contributed by atoms with Crippen LogP contribution in [0.5, 0.6) is 0 Å². The number of nitrogens with two attached hydrogens (primary N) is 1. The van der Waals surface area contributed by atoms with E-state index in [1.165, 1.54) is 5.56 Å². The van der Waals surface area contributed by atoms with Gasteiger partial charge in [0.1, 0.15) is 0 Å². The van der Waals surface area contributed by atoms with Crippen molar-refractivity contribution < 1.29 is 10.2 Å². The van der Waals surface area contributed by atoms with Gasteiger partial charge in [0.25, 0.3) is 0 Å². The fourth-order valence-corrected chi connectivity index (χ4v) is 5.16. The number of hydrogen-bond donors (Lipinski definition) is 3. The van der Waals surface area contributed by atoms with Crippen LogP contribution in [0, 0.1) is 0 Å². The Morgan fingerprint density at radius 3 is 2.61 bits per heavy atom. The van der Waals surface area contributed by atoms with Crippen LogP contribution in [-0.4, -0.2) is 55.0 Å². The first-order valence-corrected chi connectivity index (χ1v) is 12.7. The summed E-state index contributed by atoms with van der Waals surface area (Å²) in [5.74, 6) is 1.07. The number of nitrogens with zero attached hydrogens (tertiary/aromatic N) is 5. The number of aliphatic hydroxyl groups excluding tert-OH is 1. The number of rotatable bonds is 7. The molecule has 0 unspecified atom stereocenters. The monoisotopic (exact) mass is 486 g/mol. The predicted octanol–water partition coefficient (Wildman–Crippen LogP) is 3.69. The summed E-state index contributed by atoms with van der Waals surface area (Å²) in [6.45, 7) is 3.96. The van der Waals surface area contributed by atoms with Gasteiger partial charge < -0.3 is 15.1 Å². The van der Waals surface area contributed by atoms with Crippen LogP contribution in [0.2, 0.25) is 0 Å². The molecule has 4 aromatic rings. The normalized spacial score (nSPS) is 16.9. The number of pyridine rings is 2. The van der Waals surface area contributed by atoms with E-state index in [-0.39, 0.29) is 6.61 Å². The highest BCUT2D eigenvalue weighted by Crippen LogP contribution is 2.37. The number of fused-ring (bicyclic) bond motifs is 1. The summed E-state index contributed by atoms with van der Waals surface area (Å²) in [6.07, 6.45) is 5.26. The van der Waals surface area contributed by atoms with E-state index in [1.54, 1.807) is 12.1 Å². The van der Waals surface area contributed by atoms with E-state index in [2.05, 4.69) is 29.1 Å². The highest BCUT2D eigenvalue weighted by molar-refractivity contribution is 5.88. The first-order valence-electron chi connectivity index (χ1n) is 12.7. The molecule has 8 heteroatoms. The van der Waals surface area contributed by atoms with Crippen LogP contribution in [-0.2, 0) is 12.3 Å². The lowest BCUT2D eigenvalue weighted by Gasteiger charge is -2.30. The number of piperidine rings is 1. The second-order valence-corrected chi connectivity index (χ2v) is 9.86. The van der Waals surface area contributed by atoms with Crippen molar-refractivity contribution in [1.29, 1.82) is 0 Å². The van der Waals surface area contributed by atoms with Crippen molar-refractivity contribution >= 4 is 10.9 Å². The van der Waals surface area contributed by atoms with Gasteiger partial charge in [0, 0.05) is 10.9 Å². The fraction of sp³-hybridized carbons (Fsp3) is 0.393. The van der Waals surface area contributed by atoms with Gasteiger partial charge in [0.05, 0.1) is 35.4 Å². The van der Waals surface area contributed by atoms with Gasteiger partial charge in [0.15, 0.2) is 11.5 Å². The van der Waals surface area contributed by atoms with Gasteiger partial charge >= 0.3 is 0 Å². The van der Waals surface area contributed by atoms with Crippen LogP contribution >= 0.6 is 0 Å². The summed E-state index contributed by atoms with van der Waals surface area (Å²) in [7, 11) is 2.17. The second-order valence-electron chi connectivity index (χ2n) is 9.86. The van der Waals surface area contributed by atoms with Crippen LogP contribution < -0.4 is 5.73 Å². The number of aromatic nitrogens is 4. The van der Waals surface area contributed by atoms with Crippen molar-refractivity contribution in [2.24, 2.45) is 5.73 Å². The van der Waals surface area contributed by atoms with Crippen LogP contribution in [0.1, 0.15) is 55.5 Å². The molecule has 0 saturated carbocycles. The Labute approximate surface area is 211 Å². The summed E-state index contributed by atoms with van der Waals surface area (Å²) in [5, 5.41) is 26.2. The Morgan fingerprint density at radius 1 is 1.08 bits per heavy atom. The zero-order valence-corrected chi connectivity index (χ0v) is 20.9. The first kappa shape index (κ1) is 24.5. The van der Waals surface area contributed by atoms with E-state index in [4.69, 9.17) is 15.8 Å². The molecule has 188 valence electrons. The van der Waals surface area contributed by atoms with E-state index in [0.29, 0.717) is 29.5 Å². The lowest BCUT2D eigenvalue weighted by molar-refractivity contribution is 0.0292. The smallest absolute Gasteiger partial charge is 0.156 e. The van der Waals surface area contributed by atoms with Gasteiger partial charge in [-0.25, -0.2) is 14.6 Å². The number of hydrogen-bond acceptors (Lipinski definition) is 7. The third kappa shape index (κ3) is 4.77. The largest absolute Gasteiger partial charge is 0.390 e. The van der Waals surface area contributed by atoms with Crippen molar-refractivity contribution in [2.75, 3.05) is 20.1 Å². The van der Waals surface area contributed by atoms with Crippen molar-refractivity contribution in [3.8, 4) is 17.1 Å². The molecule has 4 heterocycles. The molecule has 36 heavy (non-hydrogen) atoms. The zero-order valence-electron chi connectivity index (χ0n) is 20.9. The first-order chi connectivity index (χ1) is 17.4. The molecule has 1 saturated heterocycles. The maximum atomic E-state index is 10.8. The second kappa shape index (κ2) is 10.1. The molecule has 0 amide bonds. The Hall–Kier alpha value is -3.17. The van der Waals surface area contributed by atoms with E-state index >= 15 is 0 Å². The highest BCUT2D eigenvalue weighted by Gasteiger charge is 2.26. The summed E-state index contributed by atoms with van der Waals surface area (Å²) in [6, 6.07) is 15.5. The SMILES string of the molecule is CCC[C@](N)(O)c1cccc(-c2cc(C3CCN(C)CC3)c3cnn(-c4cccc(CO)n4)c3c2)n1. The lowest BCUT2D eigenvalue weighted by atomic mass is 9.86. The predicted molar refractivity (Wildman–Crippen MR) is 140 cm³/mol. The van der Waals surface area contributed by atoms with Gasteiger partial charge in [0.2, 0.25) is 0 Å². The van der Waals surface area contributed by atoms with Crippen molar-refractivity contribution in [3.63, 3.8) is 0 Å². The molecule has 4 N–H and O–H groups in total. The molecule has 1 aliphatic rings. The Morgan fingerprint density at radius 2 is 1.86 bits per heavy atom. The molecule has 1 aromatic carbocycles. The quantitative estimate of drug-likeness (QED) is 0.342. The summed E-state index contributed by atoms with van der Waals surface area (Å²) in [4.78, 5) is 11.7. The van der Waals surface area contributed by atoms with E-state index in [0.717, 1.165) is 54.5 Å². The molecule has 5 rings (SSSR count). The molecular weight excluding hydrogens is 452 g/mol. The number of benzene rings is 1. The molecule has 0 spiro atoms. The van der Waals surface area contributed by atoms with E-state index < -0.39 is 5.72 Å². The molecule has 1 aliphatic heterocycles. The summed E-state index contributed by atoms with van der Waals surface area (Å²) >= 11 is 0. The van der Waals surface area contributed by atoms with Crippen molar-refractivity contribution in [1.82, 2.24) is 24.6 Å². The molecule has 8 nitrogen and oxygen atoms in total. The minimum absolute atomic E-state index is 0.129. The van der Waals surface area contributed by atoms with Gasteiger partial charge in [-0.05, 0) is 87.3 Å². The van der Waals surface area contributed by atoms with E-state index in [9.17, 15) is 10.2 Å². The minimum atomic E-state index is -1.47. The van der Waals surface area contributed by atoms with Gasteiger partial charge in [-0.15, -0.1) is 0 Å². The van der Waals surface area contributed by atoms with Crippen molar-refractivity contribution in [3.05, 3.63) is 71.7 Å². The Balaban J connectivity index is 1.67.